The topological polar surface area (TPSA) is 38.1 Å². The molecule has 2 aliphatic heterocycles. The molecule has 0 radical (unpaired) electrons. The Kier molecular flexibility index (Phi) is 2.22. The highest BCUT2D eigenvalue weighted by Crippen LogP contribution is 2.34. The highest BCUT2D eigenvalue weighted by Gasteiger charge is 2.25. The number of aryl methyl sites for hydroxylation is 3. The standard InChI is InChI=1S/C15H17N3O/c1-10-4-5-11-7-14-12(8-13(11)18(10)9-19)16-15-3-2-6-17(14)15/h7-10H,2-6H2,1H3. The summed E-state index contributed by atoms with van der Waals surface area (Å²) in [5, 5.41) is 0. The number of benzene rings is 1. The van der Waals surface area contributed by atoms with Crippen molar-refractivity contribution in [3.63, 3.8) is 0 Å². The van der Waals surface area contributed by atoms with Crippen LogP contribution in [-0.2, 0) is 24.2 Å². The molecular formula is C15H17N3O. The van der Waals surface area contributed by atoms with E-state index in [0.717, 1.165) is 43.4 Å². The van der Waals surface area contributed by atoms with Crippen LogP contribution in [0, 0.1) is 0 Å². The molecular weight excluding hydrogens is 238 g/mol. The number of carbonyl (C=O) groups excluding carboxylic acids is 1. The van der Waals surface area contributed by atoms with Gasteiger partial charge in [-0.25, -0.2) is 4.98 Å². The van der Waals surface area contributed by atoms with Crippen molar-refractivity contribution in [2.24, 2.45) is 0 Å². The molecule has 19 heavy (non-hydrogen) atoms. The minimum absolute atomic E-state index is 0.289. The van der Waals surface area contributed by atoms with Crippen LogP contribution >= 0.6 is 0 Å². The van der Waals surface area contributed by atoms with Crippen LogP contribution in [0.4, 0.5) is 5.69 Å². The Hall–Kier alpha value is -1.84. The van der Waals surface area contributed by atoms with E-state index in [1.54, 1.807) is 0 Å². The molecule has 1 atom stereocenters. The summed E-state index contributed by atoms with van der Waals surface area (Å²) in [6.07, 6.45) is 5.33. The molecule has 0 N–H and O–H groups in total. The van der Waals surface area contributed by atoms with Gasteiger partial charge >= 0.3 is 0 Å². The van der Waals surface area contributed by atoms with Gasteiger partial charge in [0.25, 0.3) is 0 Å². The van der Waals surface area contributed by atoms with Crippen molar-refractivity contribution in [3.8, 4) is 0 Å². The monoisotopic (exact) mass is 255 g/mol. The summed E-state index contributed by atoms with van der Waals surface area (Å²) in [7, 11) is 0. The van der Waals surface area contributed by atoms with E-state index in [1.165, 1.54) is 23.3 Å². The number of fused-ring (bicyclic) bond motifs is 4. The molecule has 0 saturated heterocycles. The Labute approximate surface area is 112 Å². The number of aromatic nitrogens is 2. The van der Waals surface area contributed by atoms with Crippen molar-refractivity contribution in [3.05, 3.63) is 23.5 Å². The van der Waals surface area contributed by atoms with Gasteiger partial charge in [0.1, 0.15) is 5.82 Å². The van der Waals surface area contributed by atoms with Crippen LogP contribution in [0.1, 0.15) is 31.2 Å². The van der Waals surface area contributed by atoms with E-state index in [-0.39, 0.29) is 6.04 Å². The fraction of sp³-hybridized carbons (Fsp3) is 0.467. The molecule has 2 aromatic rings. The third kappa shape index (κ3) is 1.46. The molecule has 0 bridgehead atoms. The molecule has 3 heterocycles. The van der Waals surface area contributed by atoms with Crippen molar-refractivity contribution >= 4 is 23.1 Å². The fourth-order valence-corrected chi connectivity index (χ4v) is 3.43. The Bertz CT molecular complexity index is 674. The molecule has 0 spiro atoms. The molecule has 1 unspecified atom stereocenters. The number of anilines is 1. The lowest BCUT2D eigenvalue weighted by Crippen LogP contribution is -2.36. The SMILES string of the molecule is CC1CCc2cc3c(cc2N1C=O)nc1n3CCC1. The average molecular weight is 255 g/mol. The predicted octanol–water partition coefficient (Wildman–Crippen LogP) is 2.28. The quantitative estimate of drug-likeness (QED) is 0.733. The summed E-state index contributed by atoms with van der Waals surface area (Å²) < 4.78 is 2.33. The van der Waals surface area contributed by atoms with Crippen molar-refractivity contribution < 1.29 is 4.79 Å². The van der Waals surface area contributed by atoms with Crippen LogP contribution in [0.5, 0.6) is 0 Å². The normalized spacial score (nSPS) is 21.5. The van der Waals surface area contributed by atoms with Gasteiger partial charge in [-0.3, -0.25) is 4.79 Å². The first-order chi connectivity index (χ1) is 9.28. The number of hydrogen-bond acceptors (Lipinski definition) is 2. The molecule has 98 valence electrons. The molecule has 4 rings (SSSR count). The van der Waals surface area contributed by atoms with Crippen molar-refractivity contribution in [2.75, 3.05) is 4.90 Å². The van der Waals surface area contributed by atoms with Gasteiger partial charge in [-0.15, -0.1) is 0 Å². The van der Waals surface area contributed by atoms with Crippen LogP contribution in [0.2, 0.25) is 0 Å². The van der Waals surface area contributed by atoms with Crippen LogP contribution in [0.25, 0.3) is 11.0 Å². The number of amides is 1. The molecule has 0 saturated carbocycles. The van der Waals surface area contributed by atoms with E-state index < -0.39 is 0 Å². The van der Waals surface area contributed by atoms with E-state index in [2.05, 4.69) is 23.6 Å². The lowest BCUT2D eigenvalue weighted by atomic mass is 9.96. The van der Waals surface area contributed by atoms with Gasteiger partial charge in [0, 0.05) is 24.7 Å². The maximum Gasteiger partial charge on any atom is 0.214 e. The summed E-state index contributed by atoms with van der Waals surface area (Å²) in [6.45, 7) is 3.19. The number of carbonyl (C=O) groups is 1. The van der Waals surface area contributed by atoms with Crippen molar-refractivity contribution in [2.45, 2.75) is 45.2 Å². The third-order valence-electron chi connectivity index (χ3n) is 4.51. The molecule has 1 aromatic heterocycles. The Morgan fingerprint density at radius 3 is 3.11 bits per heavy atom. The van der Waals surface area contributed by atoms with Crippen molar-refractivity contribution in [1.82, 2.24) is 9.55 Å². The Balaban J connectivity index is 1.95. The van der Waals surface area contributed by atoms with Crippen LogP contribution in [0.15, 0.2) is 12.1 Å². The minimum Gasteiger partial charge on any atom is -0.328 e. The lowest BCUT2D eigenvalue weighted by molar-refractivity contribution is -0.107. The maximum absolute atomic E-state index is 11.3. The highest BCUT2D eigenvalue weighted by molar-refractivity contribution is 5.88. The fourth-order valence-electron chi connectivity index (χ4n) is 3.43. The van der Waals surface area contributed by atoms with Gasteiger partial charge in [-0.1, -0.05) is 0 Å². The van der Waals surface area contributed by atoms with E-state index >= 15 is 0 Å². The summed E-state index contributed by atoms with van der Waals surface area (Å²) in [6, 6.07) is 4.63. The second kappa shape index (κ2) is 3.83. The van der Waals surface area contributed by atoms with E-state index in [1.807, 2.05) is 4.90 Å². The Morgan fingerprint density at radius 1 is 1.37 bits per heavy atom. The molecule has 0 fully saturated rings. The first kappa shape index (κ1) is 11.0. The van der Waals surface area contributed by atoms with Crippen LogP contribution in [-0.4, -0.2) is 22.0 Å². The summed E-state index contributed by atoms with van der Waals surface area (Å²) in [5.74, 6) is 1.20. The zero-order valence-corrected chi connectivity index (χ0v) is 11.1. The lowest BCUT2D eigenvalue weighted by Gasteiger charge is -2.32. The van der Waals surface area contributed by atoms with Crippen LogP contribution < -0.4 is 4.90 Å². The number of nitrogens with zero attached hydrogens (tertiary/aromatic N) is 3. The molecule has 2 aliphatic rings. The van der Waals surface area contributed by atoms with E-state index in [9.17, 15) is 4.79 Å². The van der Waals surface area contributed by atoms with Gasteiger partial charge in [-0.2, -0.15) is 0 Å². The first-order valence-corrected chi connectivity index (χ1v) is 7.03. The predicted molar refractivity (Wildman–Crippen MR) is 74.4 cm³/mol. The highest BCUT2D eigenvalue weighted by atomic mass is 16.1. The largest absolute Gasteiger partial charge is 0.328 e. The van der Waals surface area contributed by atoms with Gasteiger partial charge in [0.05, 0.1) is 11.0 Å². The first-order valence-electron chi connectivity index (χ1n) is 7.03. The summed E-state index contributed by atoms with van der Waals surface area (Å²) in [5.41, 5.74) is 4.62. The molecule has 4 heteroatoms. The zero-order valence-electron chi connectivity index (χ0n) is 11.1. The van der Waals surface area contributed by atoms with Crippen molar-refractivity contribution in [1.29, 1.82) is 0 Å². The van der Waals surface area contributed by atoms with Crippen LogP contribution in [0.3, 0.4) is 0 Å². The van der Waals surface area contributed by atoms with E-state index in [0.29, 0.717) is 0 Å². The molecule has 4 nitrogen and oxygen atoms in total. The third-order valence-corrected chi connectivity index (χ3v) is 4.51. The number of rotatable bonds is 1. The number of hydrogen-bond donors (Lipinski definition) is 0. The zero-order chi connectivity index (χ0) is 13.0. The molecule has 0 aliphatic carbocycles. The second-order valence-electron chi connectivity index (χ2n) is 5.65. The van der Waals surface area contributed by atoms with Gasteiger partial charge in [0.15, 0.2) is 0 Å². The van der Waals surface area contributed by atoms with Gasteiger partial charge in [-0.05, 0) is 43.9 Å². The van der Waals surface area contributed by atoms with E-state index in [4.69, 9.17) is 4.98 Å². The minimum atomic E-state index is 0.289. The summed E-state index contributed by atoms with van der Waals surface area (Å²) in [4.78, 5) is 17.9. The Morgan fingerprint density at radius 2 is 2.26 bits per heavy atom. The second-order valence-corrected chi connectivity index (χ2v) is 5.65. The summed E-state index contributed by atoms with van der Waals surface area (Å²) >= 11 is 0. The number of imidazole rings is 1. The average Bonchev–Trinajstić information content (AvgIpc) is 2.97. The maximum atomic E-state index is 11.3. The van der Waals surface area contributed by atoms with Gasteiger partial charge in [0.2, 0.25) is 6.41 Å². The van der Waals surface area contributed by atoms with Gasteiger partial charge < -0.3 is 9.47 Å². The smallest absolute Gasteiger partial charge is 0.214 e. The molecule has 1 aromatic carbocycles. The molecule has 1 amide bonds.